The van der Waals surface area contributed by atoms with Crippen LogP contribution in [0.15, 0.2) is 67.1 Å². The molecular weight excluding hydrogens is 847 g/mol. The molecule has 1 aliphatic heterocycles. The molecule has 4 aromatic heterocycles. The van der Waals surface area contributed by atoms with E-state index in [0.29, 0.717) is 71.7 Å². The minimum absolute atomic E-state index is 0.00731. The van der Waals surface area contributed by atoms with Crippen molar-refractivity contribution in [1.29, 1.82) is 0 Å². The molecule has 0 radical (unpaired) electrons. The van der Waals surface area contributed by atoms with E-state index in [1.165, 1.54) is 0 Å². The van der Waals surface area contributed by atoms with Crippen molar-refractivity contribution in [2.24, 2.45) is 0 Å². The molecule has 1 aliphatic rings. The Morgan fingerprint density at radius 3 is 2.35 bits per heavy atom. The number of benzene rings is 2. The number of hydrogen-bond donors (Lipinski definition) is 7. The Kier molecular flexibility index (Phi) is 14.2. The Labute approximate surface area is 373 Å². The van der Waals surface area contributed by atoms with Crippen molar-refractivity contribution in [3.63, 3.8) is 0 Å². The number of hydrogen-bond acceptors (Lipinski definition) is 10. The lowest BCUT2D eigenvalue weighted by Crippen LogP contribution is -2.37. The van der Waals surface area contributed by atoms with Gasteiger partial charge in [-0.15, -0.1) is 0 Å². The van der Waals surface area contributed by atoms with Gasteiger partial charge in [0.25, 0.3) is 5.91 Å². The first-order chi connectivity index (χ1) is 30.4. The van der Waals surface area contributed by atoms with Gasteiger partial charge in [-0.1, -0.05) is 48.3 Å². The number of phenols is 1. The molecule has 0 bridgehead atoms. The topological polar surface area (TPSA) is 233 Å². The Morgan fingerprint density at radius 1 is 0.889 bits per heavy atom. The molecule has 7 rings (SSSR count). The minimum atomic E-state index is -0.567. The van der Waals surface area contributed by atoms with E-state index in [4.69, 9.17) is 28.9 Å². The first kappa shape index (κ1) is 44.6. The number of pyridine rings is 2. The highest BCUT2D eigenvalue weighted by Crippen LogP contribution is 2.42. The Hall–Kier alpha value is -6.49. The average molecular weight is 896 g/mol. The van der Waals surface area contributed by atoms with Gasteiger partial charge in [-0.25, -0.2) is 4.98 Å². The molecule has 328 valence electrons. The molecule has 0 atom stereocenters. The Balaban J connectivity index is 0.805. The first-order valence-electron chi connectivity index (χ1n) is 20.7. The molecule has 0 saturated heterocycles. The standard InChI is InChI=1S/C45H48Cl2N10O6/c1-2-29-31(22-53-44(48)40(29)26-6-9-28(59)10-7-26)27-8-11-36(52-21-27)45(63)51-17-12-37(60)49-15-4-3-5-16-50-38(61)24-57-19-14-35(55-57)30-20-33(46)42(47)43-41(30)32-23-56(39(62)25-58)18-13-34(32)54-43/h6-11,14,19-22,54,58-59H,2-5,12-13,15-18,23-25H2,1H3,(H2,48,53)(H,49,60)(H,50,61)(H,51,63). The molecule has 4 amide bonds. The number of nitrogens with two attached hydrogens (primary N) is 1. The summed E-state index contributed by atoms with van der Waals surface area (Å²) in [6.07, 6.45) is 8.60. The number of unbranched alkanes of at least 4 members (excludes halogenated alkanes) is 2. The number of aliphatic hydroxyl groups is 1. The molecule has 0 aliphatic carbocycles. The van der Waals surface area contributed by atoms with Crippen LogP contribution >= 0.6 is 23.2 Å². The number of phenolic OH excluding ortho intramolecular Hbond substituents is 1. The second-order valence-electron chi connectivity index (χ2n) is 15.2. The van der Waals surface area contributed by atoms with Gasteiger partial charge >= 0.3 is 0 Å². The van der Waals surface area contributed by atoms with E-state index in [1.807, 2.05) is 6.92 Å². The van der Waals surface area contributed by atoms with Gasteiger partial charge < -0.3 is 41.8 Å². The molecular formula is C45H48Cl2N10O6. The molecule has 0 fully saturated rings. The maximum Gasteiger partial charge on any atom is 0.269 e. The smallest absolute Gasteiger partial charge is 0.269 e. The lowest BCUT2D eigenvalue weighted by molar-refractivity contribution is -0.135. The van der Waals surface area contributed by atoms with Gasteiger partial charge in [-0.3, -0.25) is 28.8 Å². The lowest BCUT2D eigenvalue weighted by atomic mass is 9.92. The third-order valence-corrected chi connectivity index (χ3v) is 11.8. The average Bonchev–Trinajstić information content (AvgIpc) is 3.92. The zero-order valence-electron chi connectivity index (χ0n) is 34.6. The highest BCUT2D eigenvalue weighted by Gasteiger charge is 2.28. The van der Waals surface area contributed by atoms with Crippen molar-refractivity contribution in [3.05, 3.63) is 99.7 Å². The Morgan fingerprint density at radius 2 is 1.63 bits per heavy atom. The number of fused-ring (bicyclic) bond motifs is 3. The summed E-state index contributed by atoms with van der Waals surface area (Å²) in [5.74, 6) is -0.596. The molecule has 0 spiro atoms. The van der Waals surface area contributed by atoms with Crippen molar-refractivity contribution >= 4 is 63.6 Å². The largest absolute Gasteiger partial charge is 0.508 e. The normalized spacial score (nSPS) is 12.3. The zero-order valence-corrected chi connectivity index (χ0v) is 36.2. The number of nitrogens with zero attached hydrogens (tertiary/aromatic N) is 5. The first-order valence-corrected chi connectivity index (χ1v) is 21.5. The van der Waals surface area contributed by atoms with Gasteiger partial charge in [-0.05, 0) is 67.1 Å². The van der Waals surface area contributed by atoms with Crippen LogP contribution in [0.25, 0.3) is 44.4 Å². The number of anilines is 1. The monoisotopic (exact) mass is 894 g/mol. The van der Waals surface area contributed by atoms with Crippen LogP contribution in [0.2, 0.25) is 10.0 Å². The molecule has 6 aromatic rings. The number of nitrogens with one attached hydrogen (secondary N) is 4. The van der Waals surface area contributed by atoms with Crippen LogP contribution in [0.3, 0.4) is 0 Å². The number of aliphatic hydroxyl groups excluding tert-OH is 1. The van der Waals surface area contributed by atoms with Gasteiger partial charge in [0.2, 0.25) is 17.7 Å². The van der Waals surface area contributed by atoms with Crippen molar-refractivity contribution in [2.75, 3.05) is 38.5 Å². The van der Waals surface area contributed by atoms with Gasteiger partial charge in [0.05, 0.1) is 21.3 Å². The zero-order chi connectivity index (χ0) is 44.6. The highest BCUT2D eigenvalue weighted by atomic mass is 35.5. The summed E-state index contributed by atoms with van der Waals surface area (Å²) in [6.45, 7) is 3.32. The minimum Gasteiger partial charge on any atom is -0.508 e. The van der Waals surface area contributed by atoms with Crippen LogP contribution < -0.4 is 21.7 Å². The third kappa shape index (κ3) is 10.3. The fourth-order valence-electron chi connectivity index (χ4n) is 7.82. The number of aromatic nitrogens is 5. The van der Waals surface area contributed by atoms with Crippen LogP contribution in [0.5, 0.6) is 5.75 Å². The van der Waals surface area contributed by atoms with E-state index in [-0.39, 0.29) is 48.7 Å². The van der Waals surface area contributed by atoms with E-state index >= 15 is 0 Å². The number of aromatic hydroxyl groups is 1. The fraction of sp³-hybridized carbons (Fsp3) is 0.311. The summed E-state index contributed by atoms with van der Waals surface area (Å²) in [4.78, 5) is 64.0. The number of carbonyl (C=O) groups is 4. The van der Waals surface area contributed by atoms with E-state index in [9.17, 15) is 29.4 Å². The summed E-state index contributed by atoms with van der Waals surface area (Å²) in [5.41, 5.74) is 14.5. The van der Waals surface area contributed by atoms with E-state index in [0.717, 1.165) is 63.7 Å². The summed E-state index contributed by atoms with van der Waals surface area (Å²) >= 11 is 13.1. The fourth-order valence-corrected chi connectivity index (χ4v) is 8.22. The van der Waals surface area contributed by atoms with E-state index in [1.54, 1.807) is 76.7 Å². The third-order valence-electron chi connectivity index (χ3n) is 11.0. The lowest BCUT2D eigenvalue weighted by Gasteiger charge is -2.26. The van der Waals surface area contributed by atoms with Gasteiger partial charge in [-0.2, -0.15) is 5.10 Å². The van der Waals surface area contributed by atoms with Crippen LogP contribution in [-0.4, -0.2) is 96.3 Å². The molecule has 18 heteroatoms. The molecule has 5 heterocycles. The van der Waals surface area contributed by atoms with Crippen LogP contribution in [0, 0.1) is 0 Å². The van der Waals surface area contributed by atoms with Gasteiger partial charge in [0.15, 0.2) is 0 Å². The number of amides is 4. The molecule has 0 saturated carbocycles. The Bertz CT molecular complexity index is 2650. The molecule has 2 aromatic carbocycles. The second-order valence-corrected chi connectivity index (χ2v) is 16.0. The quantitative estimate of drug-likeness (QED) is 0.0575. The van der Waals surface area contributed by atoms with Crippen LogP contribution in [-0.2, 0) is 40.3 Å². The molecule has 63 heavy (non-hydrogen) atoms. The SMILES string of the molecule is CCc1c(-c2ccc(C(=O)NCCC(=O)NCCCCCNC(=O)Cn3ccc(-c4cc(Cl)c(Cl)c5[nH]c6c(c45)CN(C(=O)CO)CC6)n3)nc2)cnc(N)c1-c1ccc(O)cc1. The molecule has 0 unspecified atom stereocenters. The number of rotatable bonds is 17. The maximum atomic E-state index is 12.8. The van der Waals surface area contributed by atoms with Crippen molar-refractivity contribution in [2.45, 2.75) is 58.5 Å². The maximum absolute atomic E-state index is 12.8. The summed E-state index contributed by atoms with van der Waals surface area (Å²) in [5, 5.41) is 33.8. The molecule has 16 nitrogen and oxygen atoms in total. The van der Waals surface area contributed by atoms with E-state index in [2.05, 4.69) is 36.0 Å². The molecule has 8 N–H and O–H groups in total. The van der Waals surface area contributed by atoms with Crippen LogP contribution in [0.4, 0.5) is 5.82 Å². The number of H-pyrrole nitrogens is 1. The van der Waals surface area contributed by atoms with E-state index < -0.39 is 12.5 Å². The summed E-state index contributed by atoms with van der Waals surface area (Å²) in [7, 11) is 0. The number of carbonyl (C=O) groups excluding carboxylic acids is 4. The van der Waals surface area contributed by atoms with Crippen LogP contribution in [0.1, 0.15) is 59.9 Å². The van der Waals surface area contributed by atoms with Gasteiger partial charge in [0.1, 0.15) is 30.4 Å². The predicted molar refractivity (Wildman–Crippen MR) is 241 cm³/mol. The number of nitrogen functional groups attached to an aromatic ring is 1. The predicted octanol–water partition coefficient (Wildman–Crippen LogP) is 5.41. The number of aromatic amines is 1. The van der Waals surface area contributed by atoms with Crippen molar-refractivity contribution < 1.29 is 29.4 Å². The van der Waals surface area contributed by atoms with Crippen molar-refractivity contribution in [1.82, 2.24) is 45.6 Å². The summed E-state index contributed by atoms with van der Waals surface area (Å²) < 4.78 is 1.54. The second kappa shape index (κ2) is 20.1. The highest BCUT2D eigenvalue weighted by molar-refractivity contribution is 6.45. The summed E-state index contributed by atoms with van der Waals surface area (Å²) in [6, 6.07) is 13.7. The van der Waals surface area contributed by atoms with Gasteiger partial charge in [0, 0.05) is 103 Å². The van der Waals surface area contributed by atoms with Crippen molar-refractivity contribution in [3.8, 4) is 39.3 Å². The number of halogens is 2.